The maximum Gasteiger partial charge on any atom is 0.410 e. The first-order valence-electron chi connectivity index (χ1n) is 8.40. The number of rotatable bonds is 4. The molecule has 6 heteroatoms. The minimum atomic E-state index is -0.823. The standard InChI is InChI=1S/C18H26N2O4/c1-18(2,3)24-17(23)20-11-5-6-13(12-20)15-8-4-7-14(19-15)9-10-16(21)22/h4,7-8,13H,5-6,9-12H2,1-3H3,(H,21,22). The number of piperidine rings is 1. The number of likely N-dealkylation sites (tertiary alicyclic amines) is 1. The molecular weight excluding hydrogens is 308 g/mol. The average Bonchev–Trinajstić information content (AvgIpc) is 2.52. The number of aromatic nitrogens is 1. The van der Waals surface area contributed by atoms with Crippen LogP contribution in [-0.2, 0) is 16.0 Å². The van der Waals surface area contributed by atoms with E-state index in [2.05, 4.69) is 4.98 Å². The number of hydrogen-bond acceptors (Lipinski definition) is 4. The lowest BCUT2D eigenvalue weighted by Gasteiger charge is -2.34. The highest BCUT2D eigenvalue weighted by Crippen LogP contribution is 2.27. The lowest BCUT2D eigenvalue weighted by molar-refractivity contribution is -0.136. The normalized spacial score (nSPS) is 18.3. The van der Waals surface area contributed by atoms with Crippen molar-refractivity contribution in [1.29, 1.82) is 0 Å². The third kappa shape index (κ3) is 5.51. The van der Waals surface area contributed by atoms with Gasteiger partial charge in [0.2, 0.25) is 0 Å². The van der Waals surface area contributed by atoms with Crippen LogP contribution in [-0.4, -0.2) is 45.7 Å². The molecule has 0 bridgehead atoms. The number of pyridine rings is 1. The fraction of sp³-hybridized carbons (Fsp3) is 0.611. The smallest absolute Gasteiger partial charge is 0.410 e. The Balaban J connectivity index is 2.02. The van der Waals surface area contributed by atoms with Gasteiger partial charge >= 0.3 is 12.1 Å². The third-order valence-corrected chi connectivity index (χ3v) is 3.91. The molecule has 1 atom stereocenters. The van der Waals surface area contributed by atoms with Crippen molar-refractivity contribution in [3.05, 3.63) is 29.6 Å². The fourth-order valence-corrected chi connectivity index (χ4v) is 2.81. The second-order valence-electron chi connectivity index (χ2n) is 7.21. The van der Waals surface area contributed by atoms with Crippen molar-refractivity contribution in [3.8, 4) is 0 Å². The molecule has 1 unspecified atom stereocenters. The molecule has 0 aromatic carbocycles. The molecule has 1 aliphatic rings. The van der Waals surface area contributed by atoms with E-state index in [1.54, 1.807) is 4.90 Å². The zero-order chi connectivity index (χ0) is 17.7. The molecule has 1 aliphatic heterocycles. The van der Waals surface area contributed by atoms with Crippen LogP contribution in [0.2, 0.25) is 0 Å². The molecule has 0 saturated carbocycles. The third-order valence-electron chi connectivity index (χ3n) is 3.91. The van der Waals surface area contributed by atoms with E-state index >= 15 is 0 Å². The summed E-state index contributed by atoms with van der Waals surface area (Å²) in [6, 6.07) is 5.71. The van der Waals surface area contributed by atoms with E-state index < -0.39 is 11.6 Å². The zero-order valence-electron chi connectivity index (χ0n) is 14.6. The molecule has 1 fully saturated rings. The first kappa shape index (κ1) is 18.2. The highest BCUT2D eigenvalue weighted by Gasteiger charge is 2.28. The number of hydrogen-bond donors (Lipinski definition) is 1. The molecule has 1 amide bonds. The van der Waals surface area contributed by atoms with Crippen LogP contribution in [0.1, 0.15) is 57.3 Å². The fourth-order valence-electron chi connectivity index (χ4n) is 2.81. The minimum absolute atomic E-state index is 0.0746. The molecule has 0 spiro atoms. The van der Waals surface area contributed by atoms with Crippen molar-refractivity contribution in [1.82, 2.24) is 9.88 Å². The molecule has 0 aliphatic carbocycles. The molecule has 1 aromatic rings. The predicted octanol–water partition coefficient (Wildman–Crippen LogP) is 3.21. The van der Waals surface area contributed by atoms with Crippen molar-refractivity contribution < 1.29 is 19.4 Å². The Kier molecular flexibility index (Phi) is 5.80. The van der Waals surface area contributed by atoms with Crippen molar-refractivity contribution in [3.63, 3.8) is 0 Å². The van der Waals surface area contributed by atoms with Crippen molar-refractivity contribution in [2.75, 3.05) is 13.1 Å². The number of aryl methyl sites for hydroxylation is 1. The highest BCUT2D eigenvalue weighted by atomic mass is 16.6. The second kappa shape index (κ2) is 7.64. The summed E-state index contributed by atoms with van der Waals surface area (Å²) in [4.78, 5) is 29.3. The van der Waals surface area contributed by atoms with E-state index in [-0.39, 0.29) is 18.4 Å². The van der Waals surface area contributed by atoms with Crippen LogP contribution in [0.25, 0.3) is 0 Å². The number of amides is 1. The average molecular weight is 334 g/mol. The molecule has 1 N–H and O–H groups in total. The van der Waals surface area contributed by atoms with Gasteiger partial charge in [0, 0.05) is 36.8 Å². The van der Waals surface area contributed by atoms with Gasteiger partial charge in [-0.25, -0.2) is 4.79 Å². The molecule has 24 heavy (non-hydrogen) atoms. The van der Waals surface area contributed by atoms with E-state index in [4.69, 9.17) is 9.84 Å². The summed E-state index contributed by atoms with van der Waals surface area (Å²) in [5, 5.41) is 8.80. The largest absolute Gasteiger partial charge is 0.481 e. The Morgan fingerprint density at radius 1 is 1.38 bits per heavy atom. The van der Waals surface area contributed by atoms with Crippen molar-refractivity contribution in [2.24, 2.45) is 0 Å². The number of ether oxygens (including phenoxy) is 1. The van der Waals surface area contributed by atoms with Gasteiger partial charge in [0.1, 0.15) is 5.60 Å². The summed E-state index contributed by atoms with van der Waals surface area (Å²) in [5.74, 6) is -0.660. The van der Waals surface area contributed by atoms with Crippen LogP contribution in [0, 0.1) is 0 Å². The molecule has 2 heterocycles. The van der Waals surface area contributed by atoms with Gasteiger partial charge in [-0.05, 0) is 45.7 Å². The summed E-state index contributed by atoms with van der Waals surface area (Å²) < 4.78 is 5.45. The number of carboxylic acid groups (broad SMARTS) is 1. The molecule has 0 radical (unpaired) electrons. The van der Waals surface area contributed by atoms with Gasteiger partial charge in [-0.15, -0.1) is 0 Å². The lowest BCUT2D eigenvalue weighted by Crippen LogP contribution is -2.42. The summed E-state index contributed by atoms with van der Waals surface area (Å²) in [5.41, 5.74) is 1.20. The molecule has 1 aromatic heterocycles. The van der Waals surface area contributed by atoms with E-state index in [1.165, 1.54) is 0 Å². The van der Waals surface area contributed by atoms with Crippen LogP contribution in [0.3, 0.4) is 0 Å². The van der Waals surface area contributed by atoms with Crippen LogP contribution >= 0.6 is 0 Å². The van der Waals surface area contributed by atoms with E-state index in [1.807, 2.05) is 39.0 Å². The lowest BCUT2D eigenvalue weighted by atomic mass is 9.94. The first-order chi connectivity index (χ1) is 11.2. The number of carbonyl (C=O) groups is 2. The van der Waals surface area contributed by atoms with E-state index in [9.17, 15) is 9.59 Å². The van der Waals surface area contributed by atoms with Gasteiger partial charge in [0.15, 0.2) is 0 Å². The van der Waals surface area contributed by atoms with Gasteiger partial charge in [-0.2, -0.15) is 0 Å². The monoisotopic (exact) mass is 334 g/mol. The van der Waals surface area contributed by atoms with Gasteiger partial charge in [-0.3, -0.25) is 9.78 Å². The number of carboxylic acids is 1. The highest BCUT2D eigenvalue weighted by molar-refractivity contribution is 5.68. The SMILES string of the molecule is CC(C)(C)OC(=O)N1CCCC(c2cccc(CCC(=O)O)n2)C1. The summed E-state index contributed by atoms with van der Waals surface area (Å²) in [6.45, 7) is 6.87. The molecular formula is C18H26N2O4. The topological polar surface area (TPSA) is 79.7 Å². The number of carbonyl (C=O) groups excluding carboxylic acids is 1. The summed E-state index contributed by atoms with van der Waals surface area (Å²) in [7, 11) is 0. The van der Waals surface area contributed by atoms with Crippen LogP contribution < -0.4 is 0 Å². The second-order valence-corrected chi connectivity index (χ2v) is 7.21. The Bertz CT molecular complexity index is 595. The van der Waals surface area contributed by atoms with Crippen LogP contribution in [0.4, 0.5) is 4.79 Å². The maximum atomic E-state index is 12.3. The van der Waals surface area contributed by atoms with Crippen molar-refractivity contribution >= 4 is 12.1 Å². The molecule has 132 valence electrons. The Morgan fingerprint density at radius 2 is 2.12 bits per heavy atom. The van der Waals surface area contributed by atoms with E-state index in [0.717, 1.165) is 24.2 Å². The summed E-state index contributed by atoms with van der Waals surface area (Å²) >= 11 is 0. The molecule has 1 saturated heterocycles. The Morgan fingerprint density at radius 3 is 2.79 bits per heavy atom. The minimum Gasteiger partial charge on any atom is -0.481 e. The van der Waals surface area contributed by atoms with Crippen molar-refractivity contribution in [2.45, 2.75) is 58.0 Å². The number of nitrogens with zero attached hydrogens (tertiary/aromatic N) is 2. The van der Waals surface area contributed by atoms with Gasteiger partial charge in [-0.1, -0.05) is 6.07 Å². The predicted molar refractivity (Wildman–Crippen MR) is 90.0 cm³/mol. The first-order valence-corrected chi connectivity index (χ1v) is 8.40. The Hall–Kier alpha value is -2.11. The summed E-state index contributed by atoms with van der Waals surface area (Å²) in [6.07, 6.45) is 2.09. The number of aliphatic carboxylic acids is 1. The van der Waals surface area contributed by atoms with Crippen LogP contribution in [0.15, 0.2) is 18.2 Å². The van der Waals surface area contributed by atoms with E-state index in [0.29, 0.717) is 19.5 Å². The maximum absolute atomic E-state index is 12.3. The van der Waals surface area contributed by atoms with Gasteiger partial charge < -0.3 is 14.7 Å². The Labute approximate surface area is 142 Å². The van der Waals surface area contributed by atoms with Crippen LogP contribution in [0.5, 0.6) is 0 Å². The zero-order valence-corrected chi connectivity index (χ0v) is 14.6. The molecule has 6 nitrogen and oxygen atoms in total. The van der Waals surface area contributed by atoms with Gasteiger partial charge in [0.05, 0.1) is 6.42 Å². The molecule has 2 rings (SSSR count). The van der Waals surface area contributed by atoms with Gasteiger partial charge in [0.25, 0.3) is 0 Å². The quantitative estimate of drug-likeness (QED) is 0.914.